The third kappa shape index (κ3) is 3.31. The van der Waals surface area contributed by atoms with Crippen LogP contribution in [0.3, 0.4) is 0 Å². The fraction of sp³-hybridized carbons (Fsp3) is 0.278. The molecule has 0 radical (unpaired) electrons. The van der Waals surface area contributed by atoms with Crippen molar-refractivity contribution in [1.29, 1.82) is 0 Å². The van der Waals surface area contributed by atoms with Gasteiger partial charge in [-0.15, -0.1) is 0 Å². The lowest BCUT2D eigenvalue weighted by atomic mass is 10.1. The number of sulfone groups is 1. The van der Waals surface area contributed by atoms with E-state index in [-0.39, 0.29) is 10.8 Å². The minimum absolute atomic E-state index is 0.0685. The van der Waals surface area contributed by atoms with E-state index in [0.717, 1.165) is 19.3 Å². The Kier molecular flexibility index (Phi) is 4.40. The molecule has 1 aliphatic rings. The lowest BCUT2D eigenvalue weighted by molar-refractivity contribution is 0.0736. The smallest absolute Gasteiger partial charge is 0.254 e. The van der Waals surface area contributed by atoms with Gasteiger partial charge in [0.2, 0.25) is 5.95 Å². The highest BCUT2D eigenvalue weighted by atomic mass is 32.2. The first-order chi connectivity index (χ1) is 12.9. The van der Waals surface area contributed by atoms with Crippen LogP contribution in [0, 0.1) is 0 Å². The average Bonchev–Trinajstić information content (AvgIpc) is 3.08. The Hall–Kier alpha value is -2.78. The maximum absolute atomic E-state index is 12.8. The maximum Gasteiger partial charge on any atom is 0.254 e. The molecular formula is C18H19N5O3S. The molecule has 3 heterocycles. The molecule has 3 aromatic rings. The minimum atomic E-state index is -3.45. The number of carbonyl (C=O) groups is 1. The highest BCUT2D eigenvalue weighted by Crippen LogP contribution is 2.28. The number of benzene rings is 1. The van der Waals surface area contributed by atoms with E-state index in [2.05, 4.69) is 15.3 Å². The molecule has 1 N–H and O–H groups in total. The first-order valence-electron chi connectivity index (χ1n) is 8.58. The van der Waals surface area contributed by atoms with Gasteiger partial charge in [-0.1, -0.05) is 6.07 Å². The molecular weight excluding hydrogens is 366 g/mol. The molecule has 0 bridgehead atoms. The van der Waals surface area contributed by atoms with Crippen molar-refractivity contribution in [3.8, 4) is 5.95 Å². The predicted molar refractivity (Wildman–Crippen MR) is 101 cm³/mol. The van der Waals surface area contributed by atoms with Crippen molar-refractivity contribution in [2.75, 3.05) is 32.4 Å². The normalized spacial score (nSPS) is 15.2. The van der Waals surface area contributed by atoms with Crippen LogP contribution in [0.2, 0.25) is 0 Å². The van der Waals surface area contributed by atoms with Crippen molar-refractivity contribution >= 4 is 26.6 Å². The Bertz CT molecular complexity index is 1100. The molecule has 0 spiro atoms. The Morgan fingerprint density at radius 2 is 1.85 bits per heavy atom. The predicted octanol–water partition coefficient (Wildman–Crippen LogP) is 0.869. The zero-order valence-electron chi connectivity index (χ0n) is 14.8. The van der Waals surface area contributed by atoms with E-state index < -0.39 is 9.84 Å². The second-order valence-electron chi connectivity index (χ2n) is 6.46. The number of amides is 1. The van der Waals surface area contributed by atoms with Gasteiger partial charge in [0.1, 0.15) is 0 Å². The minimum Gasteiger partial charge on any atom is -0.336 e. The van der Waals surface area contributed by atoms with Crippen molar-refractivity contribution in [3.05, 3.63) is 48.4 Å². The van der Waals surface area contributed by atoms with E-state index in [0.29, 0.717) is 35.5 Å². The van der Waals surface area contributed by atoms with Gasteiger partial charge in [-0.25, -0.2) is 18.4 Å². The van der Waals surface area contributed by atoms with Crippen molar-refractivity contribution in [3.63, 3.8) is 0 Å². The SMILES string of the molecule is CS(=O)(=O)c1cn(-c2ncccn2)c2cc(C(=O)N3CCNCC3)ccc12. The van der Waals surface area contributed by atoms with Gasteiger partial charge in [-0.05, 0) is 18.2 Å². The first-order valence-corrected chi connectivity index (χ1v) is 10.5. The van der Waals surface area contributed by atoms with Gasteiger partial charge < -0.3 is 10.2 Å². The summed E-state index contributed by atoms with van der Waals surface area (Å²) in [5, 5.41) is 3.76. The summed E-state index contributed by atoms with van der Waals surface area (Å²) in [4.78, 5) is 23.2. The molecule has 4 rings (SSSR count). The molecule has 0 saturated carbocycles. The summed E-state index contributed by atoms with van der Waals surface area (Å²) in [7, 11) is -3.45. The fourth-order valence-corrected chi connectivity index (χ4v) is 4.12. The summed E-state index contributed by atoms with van der Waals surface area (Å²) in [6, 6.07) is 6.76. The van der Waals surface area contributed by atoms with Crippen LogP contribution in [0.4, 0.5) is 0 Å². The van der Waals surface area contributed by atoms with Gasteiger partial charge in [0, 0.05) is 62.0 Å². The zero-order valence-corrected chi connectivity index (χ0v) is 15.6. The molecule has 1 aromatic carbocycles. The molecule has 1 aliphatic heterocycles. The van der Waals surface area contributed by atoms with Gasteiger partial charge in [-0.3, -0.25) is 9.36 Å². The number of hydrogen-bond donors (Lipinski definition) is 1. The summed E-state index contributed by atoms with van der Waals surface area (Å²) < 4.78 is 26.1. The number of piperazine rings is 1. The van der Waals surface area contributed by atoms with Crippen molar-refractivity contribution in [2.45, 2.75) is 4.90 Å². The van der Waals surface area contributed by atoms with Crippen LogP contribution in [0.25, 0.3) is 16.9 Å². The Labute approximate surface area is 156 Å². The molecule has 1 saturated heterocycles. The van der Waals surface area contributed by atoms with E-state index >= 15 is 0 Å². The van der Waals surface area contributed by atoms with Crippen molar-refractivity contribution in [2.24, 2.45) is 0 Å². The second kappa shape index (κ2) is 6.75. The van der Waals surface area contributed by atoms with Crippen LogP contribution in [0.1, 0.15) is 10.4 Å². The van der Waals surface area contributed by atoms with E-state index in [9.17, 15) is 13.2 Å². The molecule has 0 unspecified atom stereocenters. The van der Waals surface area contributed by atoms with Crippen LogP contribution in [0.15, 0.2) is 47.8 Å². The number of aromatic nitrogens is 3. The second-order valence-corrected chi connectivity index (χ2v) is 8.44. The van der Waals surface area contributed by atoms with Crippen LogP contribution in [0.5, 0.6) is 0 Å². The Balaban J connectivity index is 1.87. The summed E-state index contributed by atoms with van der Waals surface area (Å²) in [5.41, 5.74) is 1.10. The van der Waals surface area contributed by atoms with Crippen molar-refractivity contribution in [1.82, 2.24) is 24.8 Å². The molecule has 140 valence electrons. The number of nitrogens with zero attached hydrogens (tertiary/aromatic N) is 4. The number of hydrogen-bond acceptors (Lipinski definition) is 6. The summed E-state index contributed by atoms with van der Waals surface area (Å²) in [5.74, 6) is 0.283. The van der Waals surface area contributed by atoms with Crippen LogP contribution >= 0.6 is 0 Å². The van der Waals surface area contributed by atoms with Crippen LogP contribution in [-0.2, 0) is 9.84 Å². The van der Waals surface area contributed by atoms with Gasteiger partial charge >= 0.3 is 0 Å². The van der Waals surface area contributed by atoms with Crippen LogP contribution in [-0.4, -0.2) is 66.2 Å². The number of fused-ring (bicyclic) bond motifs is 1. The Morgan fingerprint density at radius 1 is 1.15 bits per heavy atom. The summed E-state index contributed by atoms with van der Waals surface area (Å²) in [6.45, 7) is 2.82. The highest BCUT2D eigenvalue weighted by Gasteiger charge is 2.22. The Morgan fingerprint density at radius 3 is 2.52 bits per heavy atom. The average molecular weight is 385 g/mol. The lowest BCUT2D eigenvalue weighted by Gasteiger charge is -2.27. The first kappa shape index (κ1) is 17.6. The van der Waals surface area contributed by atoms with E-state index in [1.54, 1.807) is 46.1 Å². The standard InChI is InChI=1S/C18H19N5O3S/c1-27(25,26)16-12-23(18-20-5-2-6-21-18)15-11-13(3-4-14(15)16)17(24)22-9-7-19-8-10-22/h2-6,11-12,19H,7-10H2,1H3. The van der Waals surface area contributed by atoms with E-state index in [1.807, 2.05) is 0 Å². The highest BCUT2D eigenvalue weighted by molar-refractivity contribution is 7.91. The lowest BCUT2D eigenvalue weighted by Crippen LogP contribution is -2.46. The third-order valence-corrected chi connectivity index (χ3v) is 5.71. The van der Waals surface area contributed by atoms with Gasteiger partial charge in [-0.2, -0.15) is 0 Å². The molecule has 8 nitrogen and oxygen atoms in total. The largest absolute Gasteiger partial charge is 0.336 e. The number of rotatable bonds is 3. The van der Waals surface area contributed by atoms with Gasteiger partial charge in [0.25, 0.3) is 5.91 Å². The molecule has 1 fully saturated rings. The van der Waals surface area contributed by atoms with Crippen molar-refractivity contribution < 1.29 is 13.2 Å². The molecule has 0 atom stereocenters. The van der Waals surface area contributed by atoms with Gasteiger partial charge in [0.05, 0.1) is 10.4 Å². The van der Waals surface area contributed by atoms with Gasteiger partial charge in [0.15, 0.2) is 9.84 Å². The topological polar surface area (TPSA) is 97.2 Å². The molecule has 0 aliphatic carbocycles. The summed E-state index contributed by atoms with van der Waals surface area (Å²) in [6.07, 6.45) is 5.85. The molecule has 27 heavy (non-hydrogen) atoms. The zero-order chi connectivity index (χ0) is 19.0. The monoisotopic (exact) mass is 385 g/mol. The van der Waals surface area contributed by atoms with E-state index in [1.165, 1.54) is 6.20 Å². The van der Waals surface area contributed by atoms with Crippen LogP contribution < -0.4 is 5.32 Å². The van der Waals surface area contributed by atoms with E-state index in [4.69, 9.17) is 0 Å². The third-order valence-electron chi connectivity index (χ3n) is 4.59. The molecule has 1 amide bonds. The quantitative estimate of drug-likeness (QED) is 0.719. The molecule has 2 aromatic heterocycles. The fourth-order valence-electron chi connectivity index (χ4n) is 3.26. The number of nitrogens with one attached hydrogen (secondary N) is 1. The maximum atomic E-state index is 12.8. The molecule has 9 heteroatoms. The summed E-state index contributed by atoms with van der Waals surface area (Å²) >= 11 is 0. The number of carbonyl (C=O) groups excluding carboxylic acids is 1.